The Morgan fingerprint density at radius 2 is 1.84 bits per heavy atom. The summed E-state index contributed by atoms with van der Waals surface area (Å²) in [7, 11) is 1.52. The van der Waals surface area contributed by atoms with Crippen molar-refractivity contribution in [3.63, 3.8) is 0 Å². The Bertz CT molecular complexity index is 1190. The van der Waals surface area contributed by atoms with Crippen LogP contribution < -0.4 is 4.74 Å². The zero-order chi connectivity index (χ0) is 30.7. The fraction of sp³-hybridized carbons (Fsp3) is 0.611. The molecule has 5 rings (SSSR count). The summed E-state index contributed by atoms with van der Waals surface area (Å²) in [6.45, 7) is 3.01. The Labute approximate surface area is 261 Å². The van der Waals surface area contributed by atoms with E-state index in [1.165, 1.54) is 12.7 Å². The highest BCUT2D eigenvalue weighted by Crippen LogP contribution is 2.49. The monoisotopic (exact) mass is 608 g/mol. The van der Waals surface area contributed by atoms with Crippen LogP contribution in [0.25, 0.3) is 0 Å². The van der Waals surface area contributed by atoms with E-state index < -0.39 is 5.97 Å². The number of fused-ring (bicyclic) bond motifs is 2. The molecule has 2 aromatic carbocycles. The Hall–Kier alpha value is -2.94. The lowest BCUT2D eigenvalue weighted by Gasteiger charge is -2.33. The largest absolute Gasteiger partial charge is 0.482 e. The van der Waals surface area contributed by atoms with Gasteiger partial charge in [-0.15, -0.1) is 0 Å². The highest BCUT2D eigenvalue weighted by Gasteiger charge is 2.47. The number of benzene rings is 2. The minimum Gasteiger partial charge on any atom is -0.482 e. The normalized spacial score (nSPS) is 25.0. The minimum atomic E-state index is -0.395. The standard InChI is InChI=1S/C36H48O8/c1-3-10-28(43-36-15-7-8-18-40-36)16-17-29-30-19-26-13-9-14-32(41-24-34(37)42-22-25-11-5-4-6-12-25)31(26)20-27(30)21-33(29)44-35(38)23-39-2/h4-6,9,11-14,27-30,33,36H,3,7-8,10,15-24H2,1-2H3/t27-,28-,29+,30-,33+,36?/m0/s1. The number of methoxy groups -OCH3 is 1. The summed E-state index contributed by atoms with van der Waals surface area (Å²) in [5.74, 6) is 1.01. The van der Waals surface area contributed by atoms with Gasteiger partial charge in [0.15, 0.2) is 12.9 Å². The molecule has 3 aliphatic rings. The summed E-state index contributed by atoms with van der Waals surface area (Å²) in [5, 5.41) is 0. The lowest BCUT2D eigenvalue weighted by Crippen LogP contribution is -2.32. The Morgan fingerprint density at radius 3 is 2.61 bits per heavy atom. The van der Waals surface area contributed by atoms with Crippen molar-refractivity contribution in [1.82, 2.24) is 0 Å². The summed E-state index contributed by atoms with van der Waals surface area (Å²) in [5.41, 5.74) is 3.33. The van der Waals surface area contributed by atoms with E-state index in [-0.39, 0.29) is 50.2 Å². The third-order valence-electron chi connectivity index (χ3n) is 9.37. The van der Waals surface area contributed by atoms with Crippen molar-refractivity contribution in [2.45, 2.75) is 96.2 Å². The van der Waals surface area contributed by atoms with E-state index in [1.807, 2.05) is 42.5 Å². The van der Waals surface area contributed by atoms with Gasteiger partial charge in [-0.1, -0.05) is 55.8 Å². The molecule has 0 radical (unpaired) electrons. The SMILES string of the molecule is CCC[C@@H](CC[C@@H]1[C@H]2Cc3cccc(OCC(=O)OCc4ccccc4)c3C[C@H]2C[C@H]1OC(=O)COC)OC1CCCCO1. The van der Waals surface area contributed by atoms with E-state index in [9.17, 15) is 9.59 Å². The van der Waals surface area contributed by atoms with E-state index in [2.05, 4.69) is 13.0 Å². The van der Waals surface area contributed by atoms with E-state index in [1.54, 1.807) is 0 Å². The van der Waals surface area contributed by atoms with Crippen LogP contribution >= 0.6 is 0 Å². The summed E-state index contributed by atoms with van der Waals surface area (Å²) in [4.78, 5) is 25.0. The first-order valence-electron chi connectivity index (χ1n) is 16.4. The molecule has 1 aliphatic heterocycles. The first-order valence-corrected chi connectivity index (χ1v) is 16.4. The van der Waals surface area contributed by atoms with Crippen LogP contribution in [0.5, 0.6) is 5.75 Å². The molecule has 8 heteroatoms. The van der Waals surface area contributed by atoms with E-state index >= 15 is 0 Å². The third-order valence-corrected chi connectivity index (χ3v) is 9.37. The molecule has 0 bridgehead atoms. The topological polar surface area (TPSA) is 89.5 Å². The summed E-state index contributed by atoms with van der Waals surface area (Å²) in [6, 6.07) is 15.7. The van der Waals surface area contributed by atoms with Gasteiger partial charge >= 0.3 is 11.9 Å². The van der Waals surface area contributed by atoms with Crippen molar-refractivity contribution in [2.24, 2.45) is 17.8 Å². The molecule has 6 atom stereocenters. The second-order valence-corrected chi connectivity index (χ2v) is 12.4. The number of carbonyl (C=O) groups excluding carboxylic acids is 2. The lowest BCUT2D eigenvalue weighted by atomic mass is 9.73. The van der Waals surface area contributed by atoms with E-state index in [0.29, 0.717) is 11.8 Å². The lowest BCUT2D eigenvalue weighted by molar-refractivity contribution is -0.191. The molecule has 2 aromatic rings. The fourth-order valence-electron chi connectivity index (χ4n) is 7.30. The molecule has 8 nitrogen and oxygen atoms in total. The van der Waals surface area contributed by atoms with Crippen LogP contribution in [0.15, 0.2) is 48.5 Å². The second kappa shape index (κ2) is 16.4. The van der Waals surface area contributed by atoms with Gasteiger partial charge in [0.25, 0.3) is 0 Å². The van der Waals surface area contributed by atoms with Gasteiger partial charge in [0, 0.05) is 13.7 Å². The molecule has 0 N–H and O–H groups in total. The summed E-state index contributed by atoms with van der Waals surface area (Å²) in [6.07, 6.45) is 9.49. The first kappa shape index (κ1) is 32.5. The fourth-order valence-corrected chi connectivity index (χ4v) is 7.30. The predicted molar refractivity (Wildman–Crippen MR) is 165 cm³/mol. The number of hydrogen-bond acceptors (Lipinski definition) is 8. The zero-order valence-corrected chi connectivity index (χ0v) is 26.2. The number of rotatable bonds is 15. The second-order valence-electron chi connectivity index (χ2n) is 12.4. The van der Waals surface area contributed by atoms with Crippen LogP contribution in [0, 0.1) is 17.8 Å². The first-order chi connectivity index (χ1) is 21.5. The molecule has 0 aromatic heterocycles. The maximum Gasteiger partial charge on any atom is 0.344 e. The average molecular weight is 609 g/mol. The van der Waals surface area contributed by atoms with Gasteiger partial charge < -0.3 is 28.4 Å². The molecular formula is C36H48O8. The molecule has 0 amide bonds. The van der Waals surface area contributed by atoms with Crippen molar-refractivity contribution in [1.29, 1.82) is 0 Å². The third kappa shape index (κ3) is 8.83. The molecule has 240 valence electrons. The molecule has 0 spiro atoms. The van der Waals surface area contributed by atoms with Gasteiger partial charge in [0.05, 0.1) is 6.10 Å². The van der Waals surface area contributed by atoms with Crippen LogP contribution in [0.4, 0.5) is 0 Å². The van der Waals surface area contributed by atoms with E-state index in [4.69, 9.17) is 28.4 Å². The summed E-state index contributed by atoms with van der Waals surface area (Å²) >= 11 is 0. The Balaban J connectivity index is 1.23. The van der Waals surface area contributed by atoms with Crippen LogP contribution in [0.2, 0.25) is 0 Å². The molecule has 1 unspecified atom stereocenters. The quantitative estimate of drug-likeness (QED) is 0.221. The highest BCUT2D eigenvalue weighted by atomic mass is 16.7. The van der Waals surface area contributed by atoms with Crippen molar-refractivity contribution in [3.05, 3.63) is 65.2 Å². The highest BCUT2D eigenvalue weighted by molar-refractivity contribution is 5.71. The van der Waals surface area contributed by atoms with Crippen LogP contribution in [-0.2, 0) is 52.7 Å². The average Bonchev–Trinajstić information content (AvgIpc) is 3.37. The van der Waals surface area contributed by atoms with Crippen LogP contribution in [0.1, 0.15) is 75.0 Å². The predicted octanol–water partition coefficient (Wildman–Crippen LogP) is 6.21. The van der Waals surface area contributed by atoms with Crippen molar-refractivity contribution < 1.29 is 38.0 Å². The molecule has 44 heavy (non-hydrogen) atoms. The van der Waals surface area contributed by atoms with Crippen molar-refractivity contribution >= 4 is 11.9 Å². The maximum atomic E-state index is 12.6. The maximum absolute atomic E-state index is 12.6. The Morgan fingerprint density at radius 1 is 0.977 bits per heavy atom. The number of esters is 2. The smallest absolute Gasteiger partial charge is 0.344 e. The number of ether oxygens (including phenoxy) is 6. The van der Waals surface area contributed by atoms with Crippen molar-refractivity contribution in [2.75, 3.05) is 26.9 Å². The molecule has 1 saturated heterocycles. The number of carbonyl (C=O) groups is 2. The molecule has 1 heterocycles. The Kier molecular flexibility index (Phi) is 12.1. The van der Waals surface area contributed by atoms with Gasteiger partial charge in [-0.3, -0.25) is 0 Å². The van der Waals surface area contributed by atoms with Gasteiger partial charge in [0.2, 0.25) is 0 Å². The minimum absolute atomic E-state index is 0.0439. The zero-order valence-electron chi connectivity index (χ0n) is 26.2. The van der Waals surface area contributed by atoms with Gasteiger partial charge in [-0.05, 0) is 98.3 Å². The molecule has 1 saturated carbocycles. The van der Waals surface area contributed by atoms with Crippen molar-refractivity contribution in [3.8, 4) is 5.75 Å². The van der Waals surface area contributed by atoms with Gasteiger partial charge in [0.1, 0.15) is 25.1 Å². The van der Waals surface area contributed by atoms with Gasteiger partial charge in [-0.2, -0.15) is 0 Å². The molecule has 2 aliphatic carbocycles. The van der Waals surface area contributed by atoms with Crippen LogP contribution in [0.3, 0.4) is 0 Å². The summed E-state index contributed by atoms with van der Waals surface area (Å²) < 4.78 is 34.9. The van der Waals surface area contributed by atoms with Gasteiger partial charge in [-0.25, -0.2) is 9.59 Å². The molecule has 2 fully saturated rings. The number of hydrogen-bond donors (Lipinski definition) is 0. The van der Waals surface area contributed by atoms with Crippen LogP contribution in [-0.4, -0.2) is 57.4 Å². The molecular weight excluding hydrogens is 560 g/mol. The van der Waals surface area contributed by atoms with E-state index in [0.717, 1.165) is 87.7 Å².